The molecule has 0 aliphatic rings. The Balaban J connectivity index is 2.37. The summed E-state index contributed by atoms with van der Waals surface area (Å²) in [4.78, 5) is 9.50. The van der Waals surface area contributed by atoms with E-state index in [1.165, 1.54) is 24.1 Å². The van der Waals surface area contributed by atoms with Crippen molar-refractivity contribution in [2.75, 3.05) is 0 Å². The van der Waals surface area contributed by atoms with Crippen LogP contribution < -0.4 is 3.27 Å². The van der Waals surface area contributed by atoms with Crippen molar-refractivity contribution < 1.29 is 0 Å². The molecule has 0 saturated carbocycles. The molecule has 2 nitrogen and oxygen atoms in total. The van der Waals surface area contributed by atoms with Crippen LogP contribution in [0.15, 0.2) is 58.5 Å². The fraction of sp³-hybridized carbons (Fsp3) is 0.391. The van der Waals surface area contributed by atoms with Crippen LogP contribution in [0.4, 0.5) is 0 Å². The molecule has 0 fully saturated rings. The zero-order valence-electron chi connectivity index (χ0n) is 16.8. The van der Waals surface area contributed by atoms with Gasteiger partial charge < -0.3 is 0 Å². The van der Waals surface area contributed by atoms with Crippen molar-refractivity contribution in [2.45, 2.75) is 56.7 Å². The fourth-order valence-corrected chi connectivity index (χ4v) is 6.84. The Morgan fingerprint density at radius 2 is 1.23 bits per heavy atom. The molecular weight excluding hydrogens is 513 g/mol. The van der Waals surface area contributed by atoms with Gasteiger partial charge in [-0.2, -0.15) is 0 Å². The van der Waals surface area contributed by atoms with Crippen molar-refractivity contribution in [3.8, 4) is 0 Å². The molecule has 0 spiro atoms. The van der Waals surface area contributed by atoms with Crippen LogP contribution in [0.2, 0.25) is 0 Å². The molecule has 2 rings (SSSR count). The van der Waals surface area contributed by atoms with Crippen LogP contribution in [0.3, 0.4) is 0 Å². The van der Waals surface area contributed by atoms with Gasteiger partial charge in [-0.1, -0.05) is 0 Å². The number of rotatable bonds is 5. The van der Waals surface area contributed by atoms with E-state index in [2.05, 4.69) is 103 Å². The van der Waals surface area contributed by atoms with Crippen molar-refractivity contribution in [2.24, 2.45) is 9.98 Å². The Kier molecular flexibility index (Phi) is 7.29. The van der Waals surface area contributed by atoms with Crippen LogP contribution in [-0.4, -0.2) is 46.7 Å². The molecule has 3 heteroatoms. The molecule has 0 amide bonds. The topological polar surface area (TPSA) is 24.7 Å². The number of nitrogens with zero attached hydrogens (tertiary/aromatic N) is 2. The van der Waals surface area contributed by atoms with Crippen LogP contribution in [-0.2, 0) is 4.13 Å². The summed E-state index contributed by atoms with van der Waals surface area (Å²) in [5.41, 5.74) is 3.86. The third kappa shape index (κ3) is 7.50. The Bertz CT molecular complexity index is 721. The summed E-state index contributed by atoms with van der Waals surface area (Å²) in [6.45, 7) is 12.8. The predicted molar refractivity (Wildman–Crippen MR) is 117 cm³/mol. The maximum absolute atomic E-state index is 4.75. The molecule has 2 radical (unpaired) electrons. The fourth-order valence-electron chi connectivity index (χ4n) is 2.25. The normalized spacial score (nSPS) is 13.0. The molecule has 0 aliphatic carbocycles. The van der Waals surface area contributed by atoms with E-state index in [0.717, 1.165) is 0 Å². The van der Waals surface area contributed by atoms with Gasteiger partial charge in [0.05, 0.1) is 0 Å². The van der Waals surface area contributed by atoms with Gasteiger partial charge in [0.2, 0.25) is 0 Å². The standard InChI is InChI=1S/C16H23N2.C7H7.Bi/c1-15(2,3)17-11-13-8-7-9-14(10-13)12-18-16(4,5)6;1-7-5-3-2-4-6-7;/h7-9,11-12H,1-6H3;2-6H,1H2;/q;;+1. The van der Waals surface area contributed by atoms with Crippen molar-refractivity contribution >= 4 is 38.9 Å². The molecule has 0 atom stereocenters. The molecular formula is C23H30BiN2+. The number of hydrogen-bond acceptors (Lipinski definition) is 2. The average molecular weight is 543 g/mol. The average Bonchev–Trinajstić information content (AvgIpc) is 2.56. The summed E-state index contributed by atoms with van der Waals surface area (Å²) in [6, 6.07) is 17.3. The van der Waals surface area contributed by atoms with Crippen LogP contribution in [0, 0.1) is 0 Å². The number of benzene rings is 2. The van der Waals surface area contributed by atoms with Crippen molar-refractivity contribution in [1.29, 1.82) is 0 Å². The second-order valence-corrected chi connectivity index (χ2v) is 12.6. The van der Waals surface area contributed by atoms with Gasteiger partial charge in [0.25, 0.3) is 0 Å². The first-order chi connectivity index (χ1) is 12.1. The summed E-state index contributed by atoms with van der Waals surface area (Å²) in [7, 11) is 0. The number of hydrogen-bond donors (Lipinski definition) is 0. The zero-order valence-corrected chi connectivity index (χ0v) is 20.3. The SMILES string of the molecule is CC(C)(C)N=Cc1cccc(C=NC(C)(C)C)[c]1[Bi+][CH2]c1ccccc1. The van der Waals surface area contributed by atoms with Crippen LogP contribution >= 0.6 is 0 Å². The Hall–Kier alpha value is -1.34. The van der Waals surface area contributed by atoms with Gasteiger partial charge in [-0.05, 0) is 0 Å². The molecule has 136 valence electrons. The van der Waals surface area contributed by atoms with Gasteiger partial charge in [0.1, 0.15) is 0 Å². The second-order valence-electron chi connectivity index (χ2n) is 8.44. The molecule has 0 aromatic heterocycles. The minimum absolute atomic E-state index is 0.0571. The monoisotopic (exact) mass is 543 g/mol. The van der Waals surface area contributed by atoms with Crippen molar-refractivity contribution in [3.63, 3.8) is 0 Å². The van der Waals surface area contributed by atoms with E-state index in [0.29, 0.717) is 0 Å². The van der Waals surface area contributed by atoms with Gasteiger partial charge in [-0.3, -0.25) is 0 Å². The molecule has 2 aromatic carbocycles. The molecule has 0 bridgehead atoms. The summed E-state index contributed by atoms with van der Waals surface area (Å²) >= 11 is -0.914. The van der Waals surface area contributed by atoms with Gasteiger partial charge in [0.15, 0.2) is 0 Å². The van der Waals surface area contributed by atoms with Crippen LogP contribution in [0.25, 0.3) is 0 Å². The van der Waals surface area contributed by atoms with Gasteiger partial charge in [-0.15, -0.1) is 0 Å². The maximum atomic E-state index is 4.75. The molecule has 2 aromatic rings. The molecule has 0 unspecified atom stereocenters. The zero-order chi connectivity index (χ0) is 19.2. The molecule has 26 heavy (non-hydrogen) atoms. The summed E-state index contributed by atoms with van der Waals surface area (Å²) < 4.78 is 2.69. The van der Waals surface area contributed by atoms with E-state index in [1.807, 2.05) is 0 Å². The summed E-state index contributed by atoms with van der Waals surface area (Å²) in [5.74, 6) is 0. The Morgan fingerprint density at radius 3 is 1.69 bits per heavy atom. The minimum atomic E-state index is -0.914. The second kappa shape index (κ2) is 9.04. The molecule has 0 N–H and O–H groups in total. The van der Waals surface area contributed by atoms with E-state index in [9.17, 15) is 0 Å². The third-order valence-corrected chi connectivity index (χ3v) is 8.81. The van der Waals surface area contributed by atoms with Crippen LogP contribution in [0.5, 0.6) is 0 Å². The molecule has 0 heterocycles. The first kappa shape index (κ1) is 21.0. The quantitative estimate of drug-likeness (QED) is 0.388. The molecule has 0 aliphatic heterocycles. The van der Waals surface area contributed by atoms with Gasteiger partial charge >= 0.3 is 171 Å². The Labute approximate surface area is 170 Å². The Morgan fingerprint density at radius 1 is 0.731 bits per heavy atom. The predicted octanol–water partition coefficient (Wildman–Crippen LogP) is 4.65. The van der Waals surface area contributed by atoms with Gasteiger partial charge in [-0.25, -0.2) is 0 Å². The van der Waals surface area contributed by atoms with E-state index in [1.54, 1.807) is 0 Å². The van der Waals surface area contributed by atoms with E-state index in [-0.39, 0.29) is 11.1 Å². The first-order valence-corrected chi connectivity index (χ1v) is 13.3. The first-order valence-electron chi connectivity index (χ1n) is 9.09. The van der Waals surface area contributed by atoms with E-state index in [4.69, 9.17) is 9.98 Å². The number of aliphatic imine (C=N–C) groups is 2. The van der Waals surface area contributed by atoms with Gasteiger partial charge in [0, 0.05) is 0 Å². The third-order valence-electron chi connectivity index (χ3n) is 3.54. The van der Waals surface area contributed by atoms with Crippen molar-refractivity contribution in [1.82, 2.24) is 0 Å². The van der Waals surface area contributed by atoms with E-state index >= 15 is 0 Å². The van der Waals surface area contributed by atoms with Crippen LogP contribution in [0.1, 0.15) is 58.2 Å². The molecule has 0 saturated heterocycles. The van der Waals surface area contributed by atoms with Crippen molar-refractivity contribution in [3.05, 3.63) is 65.2 Å². The summed E-state index contributed by atoms with van der Waals surface area (Å²) in [6.07, 6.45) is 4.14. The van der Waals surface area contributed by atoms with E-state index < -0.39 is 23.2 Å². The summed E-state index contributed by atoms with van der Waals surface area (Å²) in [5, 5.41) is 0.